The minimum atomic E-state index is -3.67. The molecule has 3 rings (SSSR count). The van der Waals surface area contributed by atoms with Gasteiger partial charge in [-0.15, -0.1) is 0 Å². The Morgan fingerprint density at radius 3 is 2.52 bits per heavy atom. The second kappa shape index (κ2) is 6.93. The molecule has 0 fully saturated rings. The largest absolute Gasteiger partial charge is 0.496 e. The summed E-state index contributed by atoms with van der Waals surface area (Å²) in [6.07, 6.45) is 0.766. The first-order chi connectivity index (χ1) is 11.9. The van der Waals surface area contributed by atoms with E-state index in [2.05, 4.69) is 18.8 Å². The van der Waals surface area contributed by atoms with Crippen LogP contribution in [0.5, 0.6) is 11.5 Å². The highest BCUT2D eigenvalue weighted by Gasteiger charge is 2.30. The molecule has 0 unspecified atom stereocenters. The maximum Gasteiger partial charge on any atom is 0.262 e. The number of sulfonamides is 1. The summed E-state index contributed by atoms with van der Waals surface area (Å²) in [6, 6.07) is 12.0. The molecular weight excluding hydrogens is 340 g/mol. The Balaban J connectivity index is 1.98. The molecule has 0 bridgehead atoms. The van der Waals surface area contributed by atoms with Crippen LogP contribution in [0.1, 0.15) is 5.56 Å². The van der Waals surface area contributed by atoms with Gasteiger partial charge in [0.25, 0.3) is 10.0 Å². The van der Waals surface area contributed by atoms with E-state index in [1.165, 1.54) is 4.90 Å². The molecule has 0 saturated carbocycles. The monoisotopic (exact) mass is 363 g/mol. The van der Waals surface area contributed by atoms with Crippen LogP contribution in [-0.4, -0.2) is 42.3 Å². The van der Waals surface area contributed by atoms with E-state index in [0.717, 1.165) is 12.0 Å². The van der Waals surface area contributed by atoms with Crippen LogP contribution in [0.2, 0.25) is 0 Å². The van der Waals surface area contributed by atoms with Crippen LogP contribution < -0.4 is 19.1 Å². The maximum atomic E-state index is 12.6. The molecule has 1 aliphatic rings. The second-order valence-electron chi connectivity index (χ2n) is 6.33. The molecular formula is C18H23N2O4S+. The van der Waals surface area contributed by atoms with Gasteiger partial charge in [0.05, 0.1) is 31.8 Å². The molecule has 0 amide bonds. The van der Waals surface area contributed by atoms with Gasteiger partial charge in [-0.25, -0.2) is 8.42 Å². The van der Waals surface area contributed by atoms with Gasteiger partial charge in [-0.05, 0) is 24.3 Å². The number of benzene rings is 2. The van der Waals surface area contributed by atoms with Crippen LogP contribution >= 0.6 is 0 Å². The number of anilines is 1. The van der Waals surface area contributed by atoms with Crippen molar-refractivity contribution in [1.82, 2.24) is 0 Å². The van der Waals surface area contributed by atoms with Gasteiger partial charge in [0, 0.05) is 12.0 Å². The van der Waals surface area contributed by atoms with E-state index in [0.29, 0.717) is 29.8 Å². The standard InChI is InChI=1S/C18H22N2O4S/c1-20(2)13-11-15-17(23-3)10-9-16(18(15)24-12-13)19-25(21,22)14-7-5-4-6-8-14/h4-10,13,19H,11-12H2,1-3H3/p+1/t13-/m1/s1. The van der Waals surface area contributed by atoms with Gasteiger partial charge >= 0.3 is 0 Å². The van der Waals surface area contributed by atoms with Gasteiger partial charge in [-0.2, -0.15) is 0 Å². The first-order valence-corrected chi connectivity index (χ1v) is 9.61. The van der Waals surface area contributed by atoms with Crippen LogP contribution in [0.15, 0.2) is 47.4 Å². The van der Waals surface area contributed by atoms with Crippen LogP contribution in [0.4, 0.5) is 5.69 Å². The molecule has 1 aliphatic heterocycles. The molecule has 25 heavy (non-hydrogen) atoms. The smallest absolute Gasteiger partial charge is 0.262 e. The van der Waals surface area contributed by atoms with E-state index in [9.17, 15) is 8.42 Å². The Morgan fingerprint density at radius 2 is 1.88 bits per heavy atom. The summed E-state index contributed by atoms with van der Waals surface area (Å²) in [5.74, 6) is 1.26. The Morgan fingerprint density at radius 1 is 1.16 bits per heavy atom. The molecule has 0 aromatic heterocycles. The van der Waals surface area contributed by atoms with Gasteiger partial charge in [0.2, 0.25) is 0 Å². The molecule has 1 heterocycles. The Kier molecular flexibility index (Phi) is 4.87. The Labute approximate surface area is 148 Å². The van der Waals surface area contributed by atoms with Crippen molar-refractivity contribution in [3.8, 4) is 11.5 Å². The van der Waals surface area contributed by atoms with Crippen molar-refractivity contribution in [2.24, 2.45) is 0 Å². The number of nitrogens with one attached hydrogen (secondary N) is 2. The Hall–Kier alpha value is -2.25. The van der Waals surface area contributed by atoms with Gasteiger partial charge in [-0.1, -0.05) is 18.2 Å². The van der Waals surface area contributed by atoms with E-state index in [1.807, 2.05) is 0 Å². The summed E-state index contributed by atoms with van der Waals surface area (Å²) in [5.41, 5.74) is 1.33. The number of methoxy groups -OCH3 is 1. The molecule has 1 atom stereocenters. The normalized spacial score (nSPS) is 16.9. The predicted molar refractivity (Wildman–Crippen MR) is 96.0 cm³/mol. The highest BCUT2D eigenvalue weighted by Crippen LogP contribution is 2.39. The van der Waals surface area contributed by atoms with E-state index in [4.69, 9.17) is 9.47 Å². The first-order valence-electron chi connectivity index (χ1n) is 8.13. The number of fused-ring (bicyclic) bond motifs is 1. The molecule has 2 aromatic carbocycles. The number of likely N-dealkylation sites (N-methyl/N-ethyl adjacent to an activating group) is 1. The molecule has 134 valence electrons. The fourth-order valence-corrected chi connectivity index (χ4v) is 3.99. The number of hydrogen-bond donors (Lipinski definition) is 2. The molecule has 0 spiro atoms. The predicted octanol–water partition coefficient (Wildman–Crippen LogP) is 0.944. The van der Waals surface area contributed by atoms with Gasteiger partial charge in [0.1, 0.15) is 18.4 Å². The zero-order valence-corrected chi connectivity index (χ0v) is 15.4. The third-order valence-corrected chi connectivity index (χ3v) is 5.81. The second-order valence-corrected chi connectivity index (χ2v) is 8.01. The average molecular weight is 363 g/mol. The molecule has 0 radical (unpaired) electrons. The van der Waals surface area contributed by atoms with Crippen molar-refractivity contribution in [2.75, 3.05) is 32.5 Å². The highest BCUT2D eigenvalue weighted by molar-refractivity contribution is 7.92. The maximum absolute atomic E-state index is 12.6. The topological polar surface area (TPSA) is 69.1 Å². The van der Waals surface area contributed by atoms with Crippen LogP contribution in [0.25, 0.3) is 0 Å². The molecule has 7 heteroatoms. The van der Waals surface area contributed by atoms with E-state index in [1.54, 1.807) is 49.6 Å². The molecule has 0 aliphatic carbocycles. The summed E-state index contributed by atoms with van der Waals surface area (Å²) in [5, 5.41) is 0. The summed E-state index contributed by atoms with van der Waals surface area (Å²) < 4.78 is 39.2. The van der Waals surface area contributed by atoms with Crippen molar-refractivity contribution < 1.29 is 22.8 Å². The summed E-state index contributed by atoms with van der Waals surface area (Å²) in [6.45, 7) is 0.530. The molecule has 2 aromatic rings. The number of ether oxygens (including phenoxy) is 2. The lowest BCUT2D eigenvalue weighted by Gasteiger charge is -2.30. The van der Waals surface area contributed by atoms with Crippen LogP contribution in [0.3, 0.4) is 0 Å². The fraction of sp³-hybridized carbons (Fsp3) is 0.333. The van der Waals surface area contributed by atoms with Crippen molar-refractivity contribution in [3.05, 3.63) is 48.0 Å². The number of rotatable bonds is 5. The molecule has 0 saturated heterocycles. The van der Waals surface area contributed by atoms with Gasteiger partial charge in [0.15, 0.2) is 5.75 Å². The number of hydrogen-bond acceptors (Lipinski definition) is 4. The van der Waals surface area contributed by atoms with Gasteiger partial charge < -0.3 is 14.4 Å². The lowest BCUT2D eigenvalue weighted by Crippen LogP contribution is -3.11. The third-order valence-electron chi connectivity index (χ3n) is 4.43. The van der Waals surface area contributed by atoms with Crippen molar-refractivity contribution >= 4 is 15.7 Å². The van der Waals surface area contributed by atoms with Crippen LogP contribution in [-0.2, 0) is 16.4 Å². The highest BCUT2D eigenvalue weighted by atomic mass is 32.2. The zero-order valence-electron chi connectivity index (χ0n) is 14.6. The minimum absolute atomic E-state index is 0.214. The molecule has 2 N–H and O–H groups in total. The quantitative estimate of drug-likeness (QED) is 0.830. The lowest BCUT2D eigenvalue weighted by atomic mass is 10.00. The third kappa shape index (κ3) is 3.57. The minimum Gasteiger partial charge on any atom is -0.496 e. The molecule has 6 nitrogen and oxygen atoms in total. The van der Waals surface area contributed by atoms with Crippen molar-refractivity contribution in [1.29, 1.82) is 0 Å². The summed E-state index contributed by atoms with van der Waals surface area (Å²) >= 11 is 0. The fourth-order valence-electron chi connectivity index (χ4n) is 2.90. The SMILES string of the molecule is COc1ccc(NS(=O)(=O)c2ccccc2)c2c1C[C@@H]([NH+](C)C)CO2. The first kappa shape index (κ1) is 17.6. The lowest BCUT2D eigenvalue weighted by molar-refractivity contribution is -0.886. The zero-order chi connectivity index (χ0) is 18.0. The number of quaternary nitrogens is 1. The van der Waals surface area contributed by atoms with Crippen LogP contribution in [0, 0.1) is 0 Å². The van der Waals surface area contributed by atoms with E-state index >= 15 is 0 Å². The Bertz CT molecular complexity index is 851. The summed E-state index contributed by atoms with van der Waals surface area (Å²) in [7, 11) is 2.09. The van der Waals surface area contributed by atoms with Gasteiger partial charge in [-0.3, -0.25) is 4.72 Å². The van der Waals surface area contributed by atoms with Crippen molar-refractivity contribution in [3.63, 3.8) is 0 Å². The van der Waals surface area contributed by atoms with E-state index in [-0.39, 0.29) is 4.90 Å². The average Bonchev–Trinajstić information content (AvgIpc) is 2.62. The van der Waals surface area contributed by atoms with Crippen molar-refractivity contribution in [2.45, 2.75) is 17.4 Å². The van der Waals surface area contributed by atoms with E-state index < -0.39 is 10.0 Å². The summed E-state index contributed by atoms with van der Waals surface area (Å²) in [4.78, 5) is 1.49.